The highest BCUT2D eigenvalue weighted by Crippen LogP contribution is 2.34. The van der Waals surface area contributed by atoms with E-state index >= 15 is 0 Å². The van der Waals surface area contributed by atoms with Crippen molar-refractivity contribution in [3.05, 3.63) is 90.0 Å². The summed E-state index contributed by atoms with van der Waals surface area (Å²) in [6, 6.07) is 14.1. The fourth-order valence-electron chi connectivity index (χ4n) is 3.75. The molecule has 1 amide bonds. The smallest absolute Gasteiger partial charge is 0.361 e. The number of aryl methyl sites for hydroxylation is 1. The topological polar surface area (TPSA) is 88.5 Å². The quantitative estimate of drug-likeness (QED) is 0.375. The molecule has 34 heavy (non-hydrogen) atoms. The summed E-state index contributed by atoms with van der Waals surface area (Å²) >= 11 is 0. The van der Waals surface area contributed by atoms with Gasteiger partial charge in [0.05, 0.1) is 24.3 Å². The molecule has 5 rings (SSSR count). The van der Waals surface area contributed by atoms with Gasteiger partial charge in [-0.05, 0) is 59.3 Å². The number of aromatic amines is 1. The molecule has 5 aromatic rings. The zero-order valence-electron chi connectivity index (χ0n) is 17.8. The Morgan fingerprint density at radius 2 is 1.74 bits per heavy atom. The summed E-state index contributed by atoms with van der Waals surface area (Å²) in [6.07, 6.45) is 0.793. The van der Waals surface area contributed by atoms with Gasteiger partial charge in [-0.15, -0.1) is 4.80 Å². The van der Waals surface area contributed by atoms with Gasteiger partial charge in [0.2, 0.25) is 0 Å². The van der Waals surface area contributed by atoms with E-state index in [2.05, 4.69) is 25.5 Å². The summed E-state index contributed by atoms with van der Waals surface area (Å²) in [5, 5.41) is 11.0. The largest absolute Gasteiger partial charge is 0.420 e. The number of fused-ring (bicyclic) bond motifs is 1. The van der Waals surface area contributed by atoms with Gasteiger partial charge in [-0.3, -0.25) is 4.79 Å². The van der Waals surface area contributed by atoms with E-state index in [4.69, 9.17) is 0 Å². The van der Waals surface area contributed by atoms with Gasteiger partial charge >= 0.3 is 6.18 Å². The number of halogens is 3. The van der Waals surface area contributed by atoms with Gasteiger partial charge < -0.3 is 10.3 Å². The highest BCUT2D eigenvalue weighted by atomic mass is 19.4. The molecule has 0 aliphatic rings. The highest BCUT2D eigenvalue weighted by molar-refractivity contribution is 6.05. The predicted molar refractivity (Wildman–Crippen MR) is 121 cm³/mol. The first-order valence-electron chi connectivity index (χ1n) is 10.2. The number of pyridine rings is 1. The lowest BCUT2D eigenvalue weighted by Crippen LogP contribution is -2.17. The number of carbonyl (C=O) groups is 1. The fraction of sp³-hybridized carbons (Fsp3) is 0.0833. The Kier molecular flexibility index (Phi) is 5.12. The number of nitrogens with one attached hydrogen (secondary N) is 2. The number of hydrogen-bond acceptors (Lipinski definition) is 4. The number of nitrogens with zero attached hydrogens (tertiary/aromatic N) is 4. The minimum absolute atomic E-state index is 0.0883. The zero-order valence-corrected chi connectivity index (χ0v) is 17.8. The molecule has 0 radical (unpaired) electrons. The Morgan fingerprint density at radius 3 is 2.47 bits per heavy atom. The van der Waals surface area contributed by atoms with Gasteiger partial charge in [0.15, 0.2) is 5.82 Å². The number of anilines is 1. The number of amides is 1. The second kappa shape index (κ2) is 8.14. The summed E-state index contributed by atoms with van der Waals surface area (Å²) < 4.78 is 40.8. The summed E-state index contributed by atoms with van der Waals surface area (Å²) in [5.41, 5.74) is 2.82. The van der Waals surface area contributed by atoms with Crippen LogP contribution in [0.4, 0.5) is 18.9 Å². The lowest BCUT2D eigenvalue weighted by molar-refractivity contribution is -0.137. The second-order valence-electron chi connectivity index (χ2n) is 7.67. The SMILES string of the molecule is Cc1cc(-c2ccc3[nH]ccc3c2)ccc1C(=O)Nc1cnc(-n2nccn2)c(C(F)(F)F)c1. The Labute approximate surface area is 191 Å². The summed E-state index contributed by atoms with van der Waals surface area (Å²) in [7, 11) is 0. The average molecular weight is 462 g/mol. The molecular formula is C24H17F3N6O. The lowest BCUT2D eigenvalue weighted by Gasteiger charge is -2.14. The predicted octanol–water partition coefficient (Wildman–Crippen LogP) is 5.39. The average Bonchev–Trinajstić information content (AvgIpc) is 3.50. The van der Waals surface area contributed by atoms with E-state index in [0.717, 1.165) is 39.1 Å². The van der Waals surface area contributed by atoms with E-state index in [1.807, 2.05) is 42.6 Å². The standard InChI is InChI=1S/C24H17F3N6O/c1-14-10-15(16-3-5-21-17(11-16)6-7-28-21)2-4-19(14)23(34)32-18-12-20(24(25,26)27)22(29-13-18)33-30-8-9-31-33/h2-13,28H,1H3,(H,32,34). The Hall–Kier alpha value is -4.47. The van der Waals surface area contributed by atoms with Crippen LogP contribution >= 0.6 is 0 Å². The highest BCUT2D eigenvalue weighted by Gasteiger charge is 2.36. The van der Waals surface area contributed by atoms with Gasteiger partial charge in [0.25, 0.3) is 5.91 Å². The first-order valence-corrected chi connectivity index (χ1v) is 10.2. The minimum Gasteiger partial charge on any atom is -0.361 e. The van der Waals surface area contributed by atoms with E-state index in [1.165, 1.54) is 12.4 Å². The maximum absolute atomic E-state index is 13.6. The van der Waals surface area contributed by atoms with Gasteiger partial charge in [-0.1, -0.05) is 18.2 Å². The number of aromatic nitrogens is 5. The molecule has 0 saturated heterocycles. The maximum atomic E-state index is 13.6. The number of carbonyl (C=O) groups excluding carboxylic acids is 1. The Bertz CT molecular complexity index is 1510. The summed E-state index contributed by atoms with van der Waals surface area (Å²) in [4.78, 5) is 20.6. The van der Waals surface area contributed by atoms with Crippen LogP contribution in [0.25, 0.3) is 27.8 Å². The Balaban J connectivity index is 1.42. The monoisotopic (exact) mass is 462 g/mol. The van der Waals surface area contributed by atoms with Crippen molar-refractivity contribution in [1.29, 1.82) is 0 Å². The van der Waals surface area contributed by atoms with Crippen molar-refractivity contribution in [2.75, 3.05) is 5.32 Å². The molecule has 0 aliphatic heterocycles. The van der Waals surface area contributed by atoms with Crippen LogP contribution in [0.5, 0.6) is 0 Å². The van der Waals surface area contributed by atoms with Crippen LogP contribution in [0.2, 0.25) is 0 Å². The second-order valence-corrected chi connectivity index (χ2v) is 7.67. The van der Waals surface area contributed by atoms with Crippen LogP contribution in [0.1, 0.15) is 21.5 Å². The molecule has 0 aliphatic carbocycles. The number of benzene rings is 2. The number of hydrogen-bond donors (Lipinski definition) is 2. The zero-order chi connectivity index (χ0) is 23.9. The molecule has 10 heteroatoms. The van der Waals surface area contributed by atoms with Crippen molar-refractivity contribution in [2.24, 2.45) is 0 Å². The van der Waals surface area contributed by atoms with E-state index < -0.39 is 23.5 Å². The van der Waals surface area contributed by atoms with Crippen molar-refractivity contribution in [2.45, 2.75) is 13.1 Å². The van der Waals surface area contributed by atoms with Crippen LogP contribution in [-0.4, -0.2) is 30.9 Å². The van der Waals surface area contributed by atoms with Gasteiger partial charge in [0, 0.05) is 17.3 Å². The molecule has 7 nitrogen and oxygen atoms in total. The lowest BCUT2D eigenvalue weighted by atomic mass is 9.98. The molecule has 2 aromatic carbocycles. The van der Waals surface area contributed by atoms with Crippen molar-refractivity contribution in [3.63, 3.8) is 0 Å². The molecule has 0 bridgehead atoms. The van der Waals surface area contributed by atoms with Crippen molar-refractivity contribution in [3.8, 4) is 16.9 Å². The molecule has 2 N–H and O–H groups in total. The molecule has 170 valence electrons. The van der Waals surface area contributed by atoms with Gasteiger partial charge in [0.1, 0.15) is 5.56 Å². The summed E-state index contributed by atoms with van der Waals surface area (Å²) in [6.45, 7) is 1.78. The summed E-state index contributed by atoms with van der Waals surface area (Å²) in [5.74, 6) is -1.01. The Morgan fingerprint density at radius 1 is 1.00 bits per heavy atom. The third-order valence-electron chi connectivity index (χ3n) is 5.40. The van der Waals surface area contributed by atoms with Crippen LogP contribution < -0.4 is 5.32 Å². The van der Waals surface area contributed by atoms with Crippen molar-refractivity contribution in [1.82, 2.24) is 25.0 Å². The molecule has 0 spiro atoms. The molecule has 3 heterocycles. The maximum Gasteiger partial charge on any atom is 0.420 e. The van der Waals surface area contributed by atoms with E-state index in [0.29, 0.717) is 11.1 Å². The number of rotatable bonds is 4. The molecule has 0 saturated carbocycles. The molecule has 3 aromatic heterocycles. The third-order valence-corrected chi connectivity index (χ3v) is 5.40. The third kappa shape index (κ3) is 4.01. The van der Waals surface area contributed by atoms with E-state index in [9.17, 15) is 18.0 Å². The normalized spacial score (nSPS) is 11.6. The van der Waals surface area contributed by atoms with Crippen LogP contribution in [0, 0.1) is 6.92 Å². The first-order chi connectivity index (χ1) is 16.3. The molecule has 0 fully saturated rings. The fourth-order valence-corrected chi connectivity index (χ4v) is 3.75. The molecule has 0 unspecified atom stereocenters. The van der Waals surface area contributed by atoms with Crippen molar-refractivity contribution < 1.29 is 18.0 Å². The van der Waals surface area contributed by atoms with E-state index in [1.54, 1.807) is 13.0 Å². The van der Waals surface area contributed by atoms with Crippen LogP contribution in [-0.2, 0) is 6.18 Å². The van der Waals surface area contributed by atoms with Crippen LogP contribution in [0.3, 0.4) is 0 Å². The first kappa shape index (κ1) is 21.4. The minimum atomic E-state index is -4.71. The van der Waals surface area contributed by atoms with E-state index in [-0.39, 0.29) is 5.69 Å². The van der Waals surface area contributed by atoms with Crippen molar-refractivity contribution >= 4 is 22.5 Å². The molecule has 0 atom stereocenters. The number of H-pyrrole nitrogens is 1. The van der Waals surface area contributed by atoms with Gasteiger partial charge in [-0.2, -0.15) is 23.4 Å². The van der Waals surface area contributed by atoms with Gasteiger partial charge in [-0.25, -0.2) is 4.98 Å². The number of alkyl halides is 3. The molecular weight excluding hydrogens is 445 g/mol. The van der Waals surface area contributed by atoms with Crippen LogP contribution in [0.15, 0.2) is 73.3 Å².